The largest absolute Gasteiger partial charge is 0.433 e. The van der Waals surface area contributed by atoms with E-state index in [1.165, 1.54) is 0 Å². The maximum Gasteiger partial charge on any atom is 0.433 e. The van der Waals surface area contributed by atoms with E-state index in [4.69, 9.17) is 0 Å². The van der Waals surface area contributed by atoms with Gasteiger partial charge < -0.3 is 9.80 Å². The molecule has 1 aromatic rings. The van der Waals surface area contributed by atoms with Gasteiger partial charge in [-0.1, -0.05) is 6.92 Å². The van der Waals surface area contributed by atoms with Crippen molar-refractivity contribution in [2.75, 3.05) is 25.0 Å². The van der Waals surface area contributed by atoms with Crippen LogP contribution in [-0.2, 0) is 11.0 Å². The molecule has 2 heterocycles. The highest BCUT2D eigenvalue weighted by atomic mass is 19.4. The molecule has 122 valence electrons. The number of amides is 1. The molecule has 0 atom stereocenters. The first-order valence-electron chi connectivity index (χ1n) is 7.23. The number of hydrogen-bond donors (Lipinski definition) is 0. The van der Waals surface area contributed by atoms with Crippen LogP contribution in [0.4, 0.5) is 19.1 Å². The van der Waals surface area contributed by atoms with Crippen LogP contribution >= 0.6 is 0 Å². The van der Waals surface area contributed by atoms with Crippen LogP contribution < -0.4 is 4.90 Å². The van der Waals surface area contributed by atoms with Crippen LogP contribution in [0.1, 0.15) is 31.9 Å². The molecule has 0 radical (unpaired) electrons. The van der Waals surface area contributed by atoms with Crippen LogP contribution in [0.3, 0.4) is 0 Å². The molecule has 0 bridgehead atoms. The molecule has 1 aliphatic heterocycles. The molecule has 1 aliphatic rings. The van der Waals surface area contributed by atoms with Crippen molar-refractivity contribution in [1.82, 2.24) is 14.9 Å². The monoisotopic (exact) mass is 316 g/mol. The fraction of sp³-hybridized carbons (Fsp3) is 0.643. The molecule has 0 saturated carbocycles. The molecular formula is C14H19F3N4O. The zero-order valence-electron chi connectivity index (χ0n) is 12.6. The average molecular weight is 316 g/mol. The van der Waals surface area contributed by atoms with E-state index in [-0.39, 0.29) is 17.9 Å². The molecular weight excluding hydrogens is 297 g/mol. The molecule has 1 fully saturated rings. The van der Waals surface area contributed by atoms with Crippen molar-refractivity contribution in [1.29, 1.82) is 0 Å². The molecule has 0 N–H and O–H groups in total. The van der Waals surface area contributed by atoms with Gasteiger partial charge in [0.2, 0.25) is 11.9 Å². The van der Waals surface area contributed by atoms with Crippen LogP contribution in [0.15, 0.2) is 12.3 Å². The SMILES string of the molecule is CCC(=O)N(C)C1CCN(c2nccc(C(F)(F)F)n2)CC1. The number of alkyl halides is 3. The predicted octanol–water partition coefficient (Wildman–Crippen LogP) is 2.33. The molecule has 1 aromatic heterocycles. The minimum atomic E-state index is -4.47. The normalized spacial score (nSPS) is 16.7. The minimum absolute atomic E-state index is 0.0776. The Morgan fingerprint density at radius 3 is 2.59 bits per heavy atom. The molecule has 2 rings (SSSR count). The fourth-order valence-corrected chi connectivity index (χ4v) is 2.56. The Hall–Kier alpha value is -1.86. The Morgan fingerprint density at radius 2 is 2.05 bits per heavy atom. The standard InChI is InChI=1S/C14H19F3N4O/c1-3-12(22)20(2)10-5-8-21(9-6-10)13-18-7-4-11(19-13)14(15,16)17/h4,7,10H,3,5-6,8-9H2,1-2H3. The fourth-order valence-electron chi connectivity index (χ4n) is 2.56. The van der Waals surface area contributed by atoms with Crippen molar-refractivity contribution in [3.63, 3.8) is 0 Å². The number of halogens is 3. The maximum atomic E-state index is 12.7. The van der Waals surface area contributed by atoms with E-state index in [1.807, 2.05) is 6.92 Å². The van der Waals surface area contributed by atoms with E-state index in [9.17, 15) is 18.0 Å². The van der Waals surface area contributed by atoms with Crippen LogP contribution in [0.25, 0.3) is 0 Å². The summed E-state index contributed by atoms with van der Waals surface area (Å²) in [6.45, 7) is 2.88. The summed E-state index contributed by atoms with van der Waals surface area (Å²) in [5.41, 5.74) is -0.932. The van der Waals surface area contributed by atoms with E-state index in [0.717, 1.165) is 12.3 Å². The summed E-state index contributed by atoms with van der Waals surface area (Å²) < 4.78 is 38.0. The zero-order valence-corrected chi connectivity index (χ0v) is 12.6. The van der Waals surface area contributed by atoms with Crippen LogP contribution in [-0.4, -0.2) is 47.0 Å². The molecule has 1 saturated heterocycles. The third kappa shape index (κ3) is 3.66. The van der Waals surface area contributed by atoms with Gasteiger partial charge in [-0.25, -0.2) is 9.97 Å². The van der Waals surface area contributed by atoms with Crippen molar-refractivity contribution in [3.8, 4) is 0 Å². The quantitative estimate of drug-likeness (QED) is 0.859. The lowest BCUT2D eigenvalue weighted by Crippen LogP contribution is -2.46. The first-order chi connectivity index (χ1) is 10.3. The summed E-state index contributed by atoms with van der Waals surface area (Å²) >= 11 is 0. The second-order valence-corrected chi connectivity index (χ2v) is 5.32. The van der Waals surface area contributed by atoms with E-state index in [2.05, 4.69) is 9.97 Å². The smallest absolute Gasteiger partial charge is 0.343 e. The topological polar surface area (TPSA) is 49.3 Å². The van der Waals surface area contributed by atoms with E-state index in [1.54, 1.807) is 16.8 Å². The van der Waals surface area contributed by atoms with Crippen LogP contribution in [0, 0.1) is 0 Å². The Bertz CT molecular complexity index is 527. The van der Waals surface area contributed by atoms with Gasteiger partial charge in [-0.2, -0.15) is 13.2 Å². The molecule has 0 aromatic carbocycles. The number of aromatic nitrogens is 2. The van der Waals surface area contributed by atoms with Gasteiger partial charge >= 0.3 is 6.18 Å². The van der Waals surface area contributed by atoms with Crippen molar-refractivity contribution in [3.05, 3.63) is 18.0 Å². The van der Waals surface area contributed by atoms with Gasteiger partial charge in [-0.05, 0) is 18.9 Å². The summed E-state index contributed by atoms with van der Waals surface area (Å²) in [5, 5.41) is 0. The van der Waals surface area contributed by atoms with E-state index in [0.29, 0.717) is 32.4 Å². The number of anilines is 1. The molecule has 5 nitrogen and oxygen atoms in total. The Balaban J connectivity index is 2.02. The Morgan fingerprint density at radius 1 is 1.41 bits per heavy atom. The van der Waals surface area contributed by atoms with Crippen LogP contribution in [0.5, 0.6) is 0 Å². The van der Waals surface area contributed by atoms with Gasteiger partial charge in [0.15, 0.2) is 0 Å². The molecule has 0 spiro atoms. The zero-order chi connectivity index (χ0) is 16.3. The third-order valence-electron chi connectivity index (χ3n) is 3.92. The van der Waals surface area contributed by atoms with E-state index >= 15 is 0 Å². The predicted molar refractivity (Wildman–Crippen MR) is 75.3 cm³/mol. The minimum Gasteiger partial charge on any atom is -0.343 e. The number of carbonyl (C=O) groups is 1. The second kappa shape index (κ2) is 6.50. The van der Waals surface area contributed by atoms with Crippen molar-refractivity contribution >= 4 is 11.9 Å². The summed E-state index contributed by atoms with van der Waals surface area (Å²) in [7, 11) is 1.77. The Kier molecular flexibility index (Phi) is 4.87. The summed E-state index contributed by atoms with van der Waals surface area (Å²) in [5.74, 6) is 0.173. The van der Waals surface area contributed by atoms with Crippen molar-refractivity contribution in [2.24, 2.45) is 0 Å². The lowest BCUT2D eigenvalue weighted by atomic mass is 10.0. The lowest BCUT2D eigenvalue weighted by molar-refractivity contribution is -0.141. The molecule has 0 aliphatic carbocycles. The first-order valence-corrected chi connectivity index (χ1v) is 7.23. The Labute approximate surface area is 127 Å². The lowest BCUT2D eigenvalue weighted by Gasteiger charge is -2.36. The first kappa shape index (κ1) is 16.5. The van der Waals surface area contributed by atoms with Gasteiger partial charge in [0.25, 0.3) is 0 Å². The van der Waals surface area contributed by atoms with Gasteiger partial charge in [0.1, 0.15) is 5.69 Å². The van der Waals surface area contributed by atoms with Gasteiger partial charge in [0, 0.05) is 38.8 Å². The number of hydrogen-bond acceptors (Lipinski definition) is 4. The van der Waals surface area contributed by atoms with Crippen molar-refractivity contribution < 1.29 is 18.0 Å². The summed E-state index contributed by atoms with van der Waals surface area (Å²) in [4.78, 5) is 22.7. The van der Waals surface area contributed by atoms with Gasteiger partial charge in [0.05, 0.1) is 0 Å². The van der Waals surface area contributed by atoms with Crippen LogP contribution in [0.2, 0.25) is 0 Å². The molecule has 0 unspecified atom stereocenters. The summed E-state index contributed by atoms with van der Waals surface area (Å²) in [6.07, 6.45) is -1.50. The molecule has 1 amide bonds. The van der Waals surface area contributed by atoms with Crippen molar-refractivity contribution in [2.45, 2.75) is 38.4 Å². The van der Waals surface area contributed by atoms with Gasteiger partial charge in [-0.15, -0.1) is 0 Å². The highest BCUT2D eigenvalue weighted by molar-refractivity contribution is 5.75. The molecule has 8 heteroatoms. The van der Waals surface area contributed by atoms with Gasteiger partial charge in [-0.3, -0.25) is 4.79 Å². The number of piperidine rings is 1. The number of nitrogens with zero attached hydrogens (tertiary/aromatic N) is 4. The maximum absolute atomic E-state index is 12.7. The highest BCUT2D eigenvalue weighted by Crippen LogP contribution is 2.28. The van der Waals surface area contributed by atoms with E-state index < -0.39 is 11.9 Å². The highest BCUT2D eigenvalue weighted by Gasteiger charge is 2.34. The number of rotatable bonds is 3. The summed E-state index contributed by atoms with van der Waals surface area (Å²) in [6, 6.07) is 0.985. The molecule has 22 heavy (non-hydrogen) atoms. The average Bonchev–Trinajstić information content (AvgIpc) is 2.53. The number of carbonyl (C=O) groups excluding carboxylic acids is 1. The third-order valence-corrected chi connectivity index (χ3v) is 3.92. The second-order valence-electron chi connectivity index (χ2n) is 5.32.